The summed E-state index contributed by atoms with van der Waals surface area (Å²) in [4.78, 5) is 10.6. The number of thioether (sulfide) groups is 1. The van der Waals surface area contributed by atoms with Gasteiger partial charge >= 0.3 is 5.97 Å². The van der Waals surface area contributed by atoms with E-state index >= 15 is 0 Å². The zero-order valence-electron chi connectivity index (χ0n) is 8.92. The SMILES string of the molecule is NC(=S)NNC(SCC(=O)O)c1ccccc1. The van der Waals surface area contributed by atoms with Crippen LogP contribution in [-0.2, 0) is 4.79 Å². The van der Waals surface area contributed by atoms with E-state index in [1.807, 2.05) is 30.3 Å². The molecule has 0 fully saturated rings. The summed E-state index contributed by atoms with van der Waals surface area (Å²) in [5.74, 6) is -0.876. The fourth-order valence-corrected chi connectivity index (χ4v) is 2.00. The van der Waals surface area contributed by atoms with Crippen LogP contribution in [0.3, 0.4) is 0 Å². The van der Waals surface area contributed by atoms with Crippen LogP contribution in [0.2, 0.25) is 0 Å². The average molecular weight is 271 g/mol. The van der Waals surface area contributed by atoms with Crippen molar-refractivity contribution in [2.75, 3.05) is 5.75 Å². The second-order valence-electron chi connectivity index (χ2n) is 3.13. The number of hydrogen-bond acceptors (Lipinski definition) is 4. The number of benzene rings is 1. The molecule has 0 bridgehead atoms. The van der Waals surface area contributed by atoms with Crippen LogP contribution in [0.5, 0.6) is 0 Å². The van der Waals surface area contributed by atoms with Crippen molar-refractivity contribution in [2.24, 2.45) is 5.73 Å². The summed E-state index contributed by atoms with van der Waals surface area (Å²) >= 11 is 5.91. The molecule has 1 atom stereocenters. The summed E-state index contributed by atoms with van der Waals surface area (Å²) in [6.07, 6.45) is 0. The molecule has 0 spiro atoms. The number of carboxylic acid groups (broad SMARTS) is 1. The largest absolute Gasteiger partial charge is 0.481 e. The van der Waals surface area contributed by atoms with Crippen molar-refractivity contribution in [1.82, 2.24) is 10.9 Å². The van der Waals surface area contributed by atoms with E-state index in [0.29, 0.717) is 0 Å². The third-order valence-electron chi connectivity index (χ3n) is 1.80. The minimum absolute atomic E-state index is 0.00836. The molecule has 1 aromatic carbocycles. The van der Waals surface area contributed by atoms with Crippen molar-refractivity contribution in [3.63, 3.8) is 0 Å². The highest BCUT2D eigenvalue weighted by Crippen LogP contribution is 2.24. The van der Waals surface area contributed by atoms with Gasteiger partial charge in [-0.3, -0.25) is 10.2 Å². The first-order chi connectivity index (χ1) is 8.09. The van der Waals surface area contributed by atoms with E-state index in [4.69, 9.17) is 10.8 Å². The van der Waals surface area contributed by atoms with E-state index in [0.717, 1.165) is 5.56 Å². The van der Waals surface area contributed by atoms with Gasteiger partial charge in [-0.25, -0.2) is 5.43 Å². The van der Waals surface area contributed by atoms with Crippen LogP contribution in [0.1, 0.15) is 10.9 Å². The van der Waals surface area contributed by atoms with Crippen molar-refractivity contribution in [3.8, 4) is 0 Å². The van der Waals surface area contributed by atoms with Crippen molar-refractivity contribution >= 4 is 35.1 Å². The van der Waals surface area contributed by atoms with Crippen LogP contribution in [0.25, 0.3) is 0 Å². The Kier molecular flexibility index (Phi) is 5.75. The van der Waals surface area contributed by atoms with E-state index < -0.39 is 5.97 Å². The predicted octanol–water partition coefficient (Wildman–Crippen LogP) is 0.841. The Labute approximate surface area is 109 Å². The quantitative estimate of drug-likeness (QED) is 0.346. The fraction of sp³-hybridized carbons (Fsp3) is 0.200. The number of rotatable bonds is 6. The lowest BCUT2D eigenvalue weighted by Crippen LogP contribution is -2.42. The third kappa shape index (κ3) is 5.53. The van der Waals surface area contributed by atoms with Gasteiger partial charge in [0.05, 0.1) is 11.1 Å². The Balaban J connectivity index is 2.64. The molecule has 1 rings (SSSR count). The minimum Gasteiger partial charge on any atom is -0.481 e. The minimum atomic E-state index is -0.868. The van der Waals surface area contributed by atoms with Gasteiger partial charge in [0.15, 0.2) is 5.11 Å². The summed E-state index contributed by atoms with van der Waals surface area (Å²) in [5.41, 5.74) is 11.7. The highest BCUT2D eigenvalue weighted by molar-refractivity contribution is 8.00. The Morgan fingerprint density at radius 3 is 2.65 bits per heavy atom. The van der Waals surface area contributed by atoms with Crippen LogP contribution in [-0.4, -0.2) is 21.9 Å². The van der Waals surface area contributed by atoms with Crippen LogP contribution < -0.4 is 16.6 Å². The highest BCUT2D eigenvalue weighted by atomic mass is 32.2. The van der Waals surface area contributed by atoms with Crippen molar-refractivity contribution in [3.05, 3.63) is 35.9 Å². The van der Waals surface area contributed by atoms with Gasteiger partial charge in [-0.05, 0) is 17.8 Å². The monoisotopic (exact) mass is 271 g/mol. The maximum atomic E-state index is 10.6. The zero-order chi connectivity index (χ0) is 12.7. The van der Waals surface area contributed by atoms with Gasteiger partial charge in [0.1, 0.15) is 0 Å². The van der Waals surface area contributed by atoms with Gasteiger partial charge < -0.3 is 10.8 Å². The molecule has 0 aliphatic carbocycles. The van der Waals surface area contributed by atoms with Crippen molar-refractivity contribution < 1.29 is 9.90 Å². The number of nitrogens with two attached hydrogens (primary N) is 1. The summed E-state index contributed by atoms with van der Waals surface area (Å²) in [5, 5.41) is 8.55. The average Bonchev–Trinajstić information content (AvgIpc) is 2.29. The Morgan fingerprint density at radius 1 is 1.47 bits per heavy atom. The lowest BCUT2D eigenvalue weighted by Gasteiger charge is -2.18. The maximum absolute atomic E-state index is 10.6. The van der Waals surface area contributed by atoms with Gasteiger partial charge in [-0.1, -0.05) is 30.3 Å². The number of nitrogens with one attached hydrogen (secondary N) is 2. The number of hydrogen-bond donors (Lipinski definition) is 4. The molecular formula is C10H13N3O2S2. The Hall–Kier alpha value is -1.31. The second kappa shape index (κ2) is 7.10. The number of aliphatic carboxylic acids is 1. The topological polar surface area (TPSA) is 87.4 Å². The lowest BCUT2D eigenvalue weighted by atomic mass is 10.2. The van der Waals surface area contributed by atoms with Gasteiger partial charge in [0.2, 0.25) is 0 Å². The van der Waals surface area contributed by atoms with E-state index in [1.54, 1.807) is 0 Å². The maximum Gasteiger partial charge on any atom is 0.313 e. The van der Waals surface area contributed by atoms with E-state index in [-0.39, 0.29) is 16.2 Å². The number of thiocarbonyl (C=S) groups is 1. The number of carboxylic acids is 1. The van der Waals surface area contributed by atoms with Gasteiger partial charge in [-0.15, -0.1) is 11.8 Å². The molecular weight excluding hydrogens is 258 g/mol. The van der Waals surface area contributed by atoms with Crippen LogP contribution >= 0.6 is 24.0 Å². The first-order valence-corrected chi connectivity index (χ1v) is 6.24. The van der Waals surface area contributed by atoms with Crippen molar-refractivity contribution in [1.29, 1.82) is 0 Å². The molecule has 0 aliphatic rings. The Bertz CT molecular complexity index is 368. The summed E-state index contributed by atoms with van der Waals surface area (Å²) in [7, 11) is 0. The van der Waals surface area contributed by atoms with Gasteiger partial charge in [0.25, 0.3) is 0 Å². The molecule has 5 N–H and O–H groups in total. The summed E-state index contributed by atoms with van der Waals surface area (Å²) in [6, 6.07) is 9.45. The second-order valence-corrected chi connectivity index (χ2v) is 4.66. The smallest absolute Gasteiger partial charge is 0.313 e. The number of hydrazine groups is 1. The van der Waals surface area contributed by atoms with Crippen LogP contribution in [0, 0.1) is 0 Å². The highest BCUT2D eigenvalue weighted by Gasteiger charge is 2.13. The van der Waals surface area contributed by atoms with Gasteiger partial charge in [0, 0.05) is 0 Å². The van der Waals surface area contributed by atoms with E-state index in [2.05, 4.69) is 23.1 Å². The molecule has 92 valence electrons. The third-order valence-corrected chi connectivity index (χ3v) is 3.04. The van der Waals surface area contributed by atoms with E-state index in [9.17, 15) is 4.79 Å². The molecule has 5 nitrogen and oxygen atoms in total. The lowest BCUT2D eigenvalue weighted by molar-refractivity contribution is -0.133. The summed E-state index contributed by atoms with van der Waals surface area (Å²) in [6.45, 7) is 0. The van der Waals surface area contributed by atoms with Crippen LogP contribution in [0.4, 0.5) is 0 Å². The summed E-state index contributed by atoms with van der Waals surface area (Å²) < 4.78 is 0. The molecule has 0 aromatic heterocycles. The standard InChI is InChI=1S/C10H13N3O2S2/c11-10(16)13-12-9(17-6-8(14)15)7-4-2-1-3-5-7/h1-5,9,12H,6H2,(H,14,15)(H3,11,13,16). The molecule has 0 radical (unpaired) electrons. The molecule has 0 amide bonds. The fourth-order valence-electron chi connectivity index (χ4n) is 1.14. The molecule has 0 heterocycles. The molecule has 0 saturated heterocycles. The molecule has 1 unspecified atom stereocenters. The first-order valence-electron chi connectivity index (χ1n) is 4.79. The first kappa shape index (κ1) is 13.8. The Morgan fingerprint density at radius 2 is 2.12 bits per heavy atom. The molecule has 0 aliphatic heterocycles. The van der Waals surface area contributed by atoms with Crippen molar-refractivity contribution in [2.45, 2.75) is 5.37 Å². The van der Waals surface area contributed by atoms with Crippen LogP contribution in [0.15, 0.2) is 30.3 Å². The molecule has 17 heavy (non-hydrogen) atoms. The molecule has 1 aromatic rings. The normalized spacial score (nSPS) is 11.8. The molecule has 0 saturated carbocycles. The van der Waals surface area contributed by atoms with Gasteiger partial charge in [-0.2, -0.15) is 0 Å². The zero-order valence-corrected chi connectivity index (χ0v) is 10.6. The predicted molar refractivity (Wildman–Crippen MR) is 72.3 cm³/mol. The van der Waals surface area contributed by atoms with E-state index in [1.165, 1.54) is 11.8 Å². The molecule has 7 heteroatoms. The number of carbonyl (C=O) groups is 1.